The average Bonchev–Trinajstić information content (AvgIpc) is 2.66. The number of hydroxylamine groups is 1. The summed E-state index contributed by atoms with van der Waals surface area (Å²) in [5, 5.41) is 12.1. The van der Waals surface area contributed by atoms with Crippen LogP contribution in [0.15, 0.2) is 59.7 Å². The van der Waals surface area contributed by atoms with E-state index in [9.17, 15) is 22.8 Å². The second kappa shape index (κ2) is 8.77. The van der Waals surface area contributed by atoms with Crippen molar-refractivity contribution < 1.29 is 28.0 Å². The first-order valence-electron chi connectivity index (χ1n) is 7.52. The van der Waals surface area contributed by atoms with Crippen molar-refractivity contribution in [3.05, 3.63) is 76.9 Å². The molecule has 0 aliphatic carbocycles. The van der Waals surface area contributed by atoms with Crippen LogP contribution in [0.5, 0.6) is 0 Å². The van der Waals surface area contributed by atoms with Gasteiger partial charge in [-0.1, -0.05) is 24.3 Å². The first-order chi connectivity index (χ1) is 12.8. The van der Waals surface area contributed by atoms with E-state index in [4.69, 9.17) is 5.21 Å². The molecule has 0 atom stereocenters. The van der Waals surface area contributed by atoms with Crippen LogP contribution in [0.25, 0.3) is 6.08 Å². The van der Waals surface area contributed by atoms with E-state index < -0.39 is 23.6 Å². The largest absolute Gasteiger partial charge is 0.416 e. The summed E-state index contributed by atoms with van der Waals surface area (Å²) in [5.41, 5.74) is 4.11. The maximum absolute atomic E-state index is 12.5. The van der Waals surface area contributed by atoms with Crippen LogP contribution in [-0.4, -0.2) is 23.2 Å². The van der Waals surface area contributed by atoms with Crippen molar-refractivity contribution in [1.29, 1.82) is 0 Å². The van der Waals surface area contributed by atoms with Gasteiger partial charge in [-0.25, -0.2) is 10.9 Å². The molecule has 27 heavy (non-hydrogen) atoms. The van der Waals surface area contributed by atoms with E-state index in [1.807, 2.05) is 0 Å². The van der Waals surface area contributed by atoms with Gasteiger partial charge in [-0.2, -0.15) is 18.3 Å². The summed E-state index contributed by atoms with van der Waals surface area (Å²) in [6.45, 7) is 0. The number of nitrogens with one attached hydrogen (secondary N) is 2. The normalized spacial score (nSPS) is 11.7. The van der Waals surface area contributed by atoms with Crippen molar-refractivity contribution in [2.24, 2.45) is 5.10 Å². The average molecular weight is 377 g/mol. The molecule has 2 amide bonds. The fraction of sp³-hybridized carbons (Fsp3) is 0.0556. The second-order valence-electron chi connectivity index (χ2n) is 5.25. The number of hydrazone groups is 1. The lowest BCUT2D eigenvalue weighted by Gasteiger charge is -2.05. The van der Waals surface area contributed by atoms with Crippen LogP contribution in [0.1, 0.15) is 27.0 Å². The van der Waals surface area contributed by atoms with Crippen LogP contribution in [-0.2, 0) is 11.0 Å². The van der Waals surface area contributed by atoms with E-state index in [0.717, 1.165) is 18.2 Å². The van der Waals surface area contributed by atoms with Gasteiger partial charge in [0, 0.05) is 11.6 Å². The van der Waals surface area contributed by atoms with Gasteiger partial charge in [0.15, 0.2) is 0 Å². The lowest BCUT2D eigenvalue weighted by molar-refractivity contribution is -0.137. The quantitative estimate of drug-likeness (QED) is 0.324. The van der Waals surface area contributed by atoms with E-state index in [2.05, 4.69) is 10.5 Å². The third kappa shape index (κ3) is 6.08. The number of alkyl halides is 3. The number of hydrogen-bond donors (Lipinski definition) is 3. The highest BCUT2D eigenvalue weighted by atomic mass is 19.4. The van der Waals surface area contributed by atoms with Gasteiger partial charge in [0.05, 0.1) is 11.8 Å². The van der Waals surface area contributed by atoms with Crippen LogP contribution >= 0.6 is 0 Å². The molecule has 0 radical (unpaired) electrons. The Morgan fingerprint density at radius 2 is 1.74 bits per heavy atom. The van der Waals surface area contributed by atoms with E-state index in [1.165, 1.54) is 42.0 Å². The van der Waals surface area contributed by atoms with E-state index in [1.54, 1.807) is 12.1 Å². The molecule has 2 aromatic rings. The second-order valence-corrected chi connectivity index (χ2v) is 5.25. The molecule has 0 bridgehead atoms. The van der Waals surface area contributed by atoms with Gasteiger partial charge in [-0.15, -0.1) is 0 Å². The van der Waals surface area contributed by atoms with Gasteiger partial charge in [0.1, 0.15) is 0 Å². The number of nitrogens with zero attached hydrogens (tertiary/aromatic N) is 1. The maximum Gasteiger partial charge on any atom is 0.416 e. The van der Waals surface area contributed by atoms with Crippen LogP contribution in [0.3, 0.4) is 0 Å². The van der Waals surface area contributed by atoms with Crippen LogP contribution in [0, 0.1) is 0 Å². The Morgan fingerprint density at radius 3 is 2.37 bits per heavy atom. The Balaban J connectivity index is 2.00. The van der Waals surface area contributed by atoms with Gasteiger partial charge < -0.3 is 0 Å². The molecule has 0 unspecified atom stereocenters. The standard InChI is InChI=1S/C18H14F3N3O3/c19-18(20,21)15-7-4-13(5-8-15)11-22-23-17(26)14-3-1-2-12(10-14)6-9-16(25)24-27/h1-11,27H,(H,23,26)(H,24,25)/b9-6+,22-11+. The van der Waals surface area contributed by atoms with E-state index in [-0.39, 0.29) is 5.56 Å². The van der Waals surface area contributed by atoms with Crippen molar-refractivity contribution in [1.82, 2.24) is 10.9 Å². The molecule has 9 heteroatoms. The molecule has 0 spiro atoms. The highest BCUT2D eigenvalue weighted by molar-refractivity contribution is 5.96. The van der Waals surface area contributed by atoms with Gasteiger partial charge in [0.25, 0.3) is 11.8 Å². The number of hydrogen-bond acceptors (Lipinski definition) is 4. The molecule has 2 rings (SSSR count). The third-order valence-corrected chi connectivity index (χ3v) is 3.30. The van der Waals surface area contributed by atoms with Gasteiger partial charge in [0.2, 0.25) is 0 Å². The monoisotopic (exact) mass is 377 g/mol. The topological polar surface area (TPSA) is 90.8 Å². The fourth-order valence-corrected chi connectivity index (χ4v) is 1.98. The van der Waals surface area contributed by atoms with Gasteiger partial charge >= 0.3 is 6.18 Å². The fourth-order valence-electron chi connectivity index (χ4n) is 1.98. The highest BCUT2D eigenvalue weighted by Crippen LogP contribution is 2.28. The minimum atomic E-state index is -4.42. The number of benzene rings is 2. The van der Waals surface area contributed by atoms with Gasteiger partial charge in [-0.3, -0.25) is 14.8 Å². The first kappa shape index (κ1) is 19.9. The van der Waals surface area contributed by atoms with Crippen molar-refractivity contribution in [3.63, 3.8) is 0 Å². The molecule has 0 saturated heterocycles. The maximum atomic E-state index is 12.5. The molecule has 140 valence electrons. The van der Waals surface area contributed by atoms with Crippen LogP contribution < -0.4 is 10.9 Å². The highest BCUT2D eigenvalue weighted by Gasteiger charge is 2.29. The molecule has 3 N–H and O–H groups in total. The molecule has 0 fully saturated rings. The summed E-state index contributed by atoms with van der Waals surface area (Å²) in [6.07, 6.45) is -0.720. The van der Waals surface area contributed by atoms with Crippen LogP contribution in [0.2, 0.25) is 0 Å². The summed E-state index contributed by atoms with van der Waals surface area (Å²) in [7, 11) is 0. The molecule has 6 nitrogen and oxygen atoms in total. The third-order valence-electron chi connectivity index (χ3n) is 3.30. The lowest BCUT2D eigenvalue weighted by atomic mass is 10.1. The number of halogens is 3. The molecule has 0 heterocycles. The Kier molecular flexibility index (Phi) is 6.45. The van der Waals surface area contributed by atoms with Crippen molar-refractivity contribution >= 4 is 24.1 Å². The number of carbonyl (C=O) groups excluding carboxylic acids is 2. The summed E-state index contributed by atoms with van der Waals surface area (Å²) >= 11 is 0. The number of carbonyl (C=O) groups is 2. The summed E-state index contributed by atoms with van der Waals surface area (Å²) in [6, 6.07) is 10.5. The Bertz CT molecular complexity index is 875. The molecule has 0 aromatic heterocycles. The summed E-state index contributed by atoms with van der Waals surface area (Å²) in [4.78, 5) is 23.0. The van der Waals surface area contributed by atoms with E-state index in [0.29, 0.717) is 11.1 Å². The molecule has 2 aromatic carbocycles. The summed E-state index contributed by atoms with van der Waals surface area (Å²) < 4.78 is 37.5. The number of amides is 2. The van der Waals surface area contributed by atoms with Crippen molar-refractivity contribution in [3.8, 4) is 0 Å². The van der Waals surface area contributed by atoms with Crippen LogP contribution in [0.4, 0.5) is 13.2 Å². The molecule has 0 aliphatic heterocycles. The minimum absolute atomic E-state index is 0.256. The summed E-state index contributed by atoms with van der Waals surface area (Å²) in [5.74, 6) is -1.26. The first-order valence-corrected chi connectivity index (χ1v) is 7.52. The predicted octanol–water partition coefficient (Wildman–Crippen LogP) is 2.99. The zero-order chi connectivity index (χ0) is 19.9. The zero-order valence-electron chi connectivity index (χ0n) is 13.7. The molecular weight excluding hydrogens is 363 g/mol. The van der Waals surface area contributed by atoms with Crippen molar-refractivity contribution in [2.45, 2.75) is 6.18 Å². The Morgan fingerprint density at radius 1 is 1.04 bits per heavy atom. The van der Waals surface area contributed by atoms with E-state index >= 15 is 0 Å². The smallest absolute Gasteiger partial charge is 0.288 e. The Labute approximate surface area is 152 Å². The molecular formula is C18H14F3N3O3. The number of rotatable bonds is 5. The SMILES string of the molecule is O=C(/C=C/c1cccc(C(=O)N/N=C/c2ccc(C(F)(F)F)cc2)c1)NO. The zero-order valence-corrected chi connectivity index (χ0v) is 13.7. The molecule has 0 saturated carbocycles. The van der Waals surface area contributed by atoms with Crippen molar-refractivity contribution in [2.75, 3.05) is 0 Å². The minimum Gasteiger partial charge on any atom is -0.288 e. The molecule has 0 aliphatic rings. The van der Waals surface area contributed by atoms with Gasteiger partial charge in [-0.05, 0) is 41.5 Å². The lowest BCUT2D eigenvalue weighted by Crippen LogP contribution is -2.17. The Hall–Kier alpha value is -3.46. The predicted molar refractivity (Wildman–Crippen MR) is 91.9 cm³/mol.